The maximum absolute atomic E-state index is 5.73. The summed E-state index contributed by atoms with van der Waals surface area (Å²) in [5.41, 5.74) is 6.94. The predicted octanol–water partition coefficient (Wildman–Crippen LogP) is 2.18. The Morgan fingerprint density at radius 3 is 3.00 bits per heavy atom. The molecular weight excluding hydrogens is 284 g/mol. The van der Waals surface area contributed by atoms with Crippen molar-refractivity contribution in [1.82, 2.24) is 4.90 Å². The van der Waals surface area contributed by atoms with E-state index in [1.54, 1.807) is 7.11 Å². The van der Waals surface area contributed by atoms with Crippen molar-refractivity contribution in [2.45, 2.75) is 18.8 Å². The van der Waals surface area contributed by atoms with E-state index in [0.29, 0.717) is 10.9 Å². The zero-order valence-corrected chi connectivity index (χ0v) is 13.4. The zero-order valence-electron chi connectivity index (χ0n) is 12.6. The number of hydrogen-bond donors (Lipinski definition) is 1. The number of nitrogens with two attached hydrogens (primary N) is 1. The average molecular weight is 308 g/mol. The molecule has 1 aliphatic heterocycles. The van der Waals surface area contributed by atoms with Crippen LogP contribution in [-0.2, 0) is 4.74 Å². The Hall–Kier alpha value is -1.17. The van der Waals surface area contributed by atoms with Gasteiger partial charge in [-0.3, -0.25) is 0 Å². The SMILES string of the molecule is COCCN(CCC(N)=S)CC1CCOc2ccccc21. The minimum absolute atomic E-state index is 0.498. The van der Waals surface area contributed by atoms with Gasteiger partial charge in [-0.15, -0.1) is 0 Å². The van der Waals surface area contributed by atoms with Gasteiger partial charge in [0.25, 0.3) is 0 Å². The van der Waals surface area contributed by atoms with Crippen molar-refractivity contribution >= 4 is 17.2 Å². The molecule has 0 saturated carbocycles. The number of nitrogens with zero attached hydrogens (tertiary/aromatic N) is 1. The van der Waals surface area contributed by atoms with Gasteiger partial charge < -0.3 is 20.1 Å². The normalized spacial score (nSPS) is 17.3. The molecule has 2 rings (SSSR count). The highest BCUT2D eigenvalue weighted by atomic mass is 32.1. The summed E-state index contributed by atoms with van der Waals surface area (Å²) in [6.07, 6.45) is 1.80. The van der Waals surface area contributed by atoms with E-state index in [-0.39, 0.29) is 0 Å². The highest BCUT2D eigenvalue weighted by molar-refractivity contribution is 7.80. The smallest absolute Gasteiger partial charge is 0.122 e. The average Bonchev–Trinajstić information content (AvgIpc) is 2.50. The molecular formula is C16H24N2O2S. The molecule has 4 nitrogen and oxygen atoms in total. The number of benzene rings is 1. The molecule has 0 fully saturated rings. The van der Waals surface area contributed by atoms with E-state index >= 15 is 0 Å². The van der Waals surface area contributed by atoms with Crippen LogP contribution in [0.15, 0.2) is 24.3 Å². The molecule has 1 atom stereocenters. The fourth-order valence-corrected chi connectivity index (χ4v) is 2.79. The van der Waals surface area contributed by atoms with Gasteiger partial charge >= 0.3 is 0 Å². The first-order valence-corrected chi connectivity index (χ1v) is 7.83. The maximum Gasteiger partial charge on any atom is 0.122 e. The highest BCUT2D eigenvalue weighted by Gasteiger charge is 2.23. The van der Waals surface area contributed by atoms with E-state index in [1.165, 1.54) is 5.56 Å². The molecule has 2 N–H and O–H groups in total. The molecule has 116 valence electrons. The molecule has 0 bridgehead atoms. The Morgan fingerprint density at radius 1 is 1.43 bits per heavy atom. The first-order chi connectivity index (χ1) is 10.2. The number of thiocarbonyl (C=S) groups is 1. The molecule has 0 aliphatic carbocycles. The molecule has 1 unspecified atom stereocenters. The van der Waals surface area contributed by atoms with Crippen LogP contribution in [0, 0.1) is 0 Å². The topological polar surface area (TPSA) is 47.7 Å². The summed E-state index contributed by atoms with van der Waals surface area (Å²) in [5.74, 6) is 1.52. The van der Waals surface area contributed by atoms with Gasteiger partial charge in [0.05, 0.1) is 18.2 Å². The maximum atomic E-state index is 5.73. The molecule has 1 aromatic carbocycles. The molecule has 0 amide bonds. The van der Waals surface area contributed by atoms with Gasteiger partial charge in [0.1, 0.15) is 5.75 Å². The van der Waals surface area contributed by atoms with Crippen LogP contribution in [0.3, 0.4) is 0 Å². The van der Waals surface area contributed by atoms with Gasteiger partial charge in [0.2, 0.25) is 0 Å². The summed E-state index contributed by atoms with van der Waals surface area (Å²) in [6.45, 7) is 4.29. The van der Waals surface area contributed by atoms with E-state index in [0.717, 1.165) is 51.4 Å². The Bertz CT molecular complexity index is 467. The minimum atomic E-state index is 0.498. The van der Waals surface area contributed by atoms with E-state index in [4.69, 9.17) is 27.4 Å². The second kappa shape index (κ2) is 8.32. The molecule has 21 heavy (non-hydrogen) atoms. The number of ether oxygens (including phenoxy) is 2. The minimum Gasteiger partial charge on any atom is -0.493 e. The van der Waals surface area contributed by atoms with Crippen LogP contribution in [0.2, 0.25) is 0 Å². The van der Waals surface area contributed by atoms with E-state index < -0.39 is 0 Å². The third-order valence-electron chi connectivity index (χ3n) is 3.85. The first-order valence-electron chi connectivity index (χ1n) is 7.42. The Balaban J connectivity index is 2.00. The Labute approximate surface area is 132 Å². The fraction of sp³-hybridized carbons (Fsp3) is 0.562. The molecule has 0 saturated heterocycles. The molecule has 5 heteroatoms. The highest BCUT2D eigenvalue weighted by Crippen LogP contribution is 2.33. The Kier molecular flexibility index (Phi) is 6.42. The zero-order chi connectivity index (χ0) is 15.1. The largest absolute Gasteiger partial charge is 0.493 e. The number of fused-ring (bicyclic) bond motifs is 1. The van der Waals surface area contributed by atoms with Crippen LogP contribution < -0.4 is 10.5 Å². The van der Waals surface area contributed by atoms with Gasteiger partial charge in [0.15, 0.2) is 0 Å². The Morgan fingerprint density at radius 2 is 2.24 bits per heavy atom. The van der Waals surface area contributed by atoms with Crippen LogP contribution in [0.5, 0.6) is 5.75 Å². The second-order valence-corrected chi connectivity index (χ2v) is 5.91. The lowest BCUT2D eigenvalue weighted by Crippen LogP contribution is -2.35. The van der Waals surface area contributed by atoms with Gasteiger partial charge in [-0.1, -0.05) is 30.4 Å². The third kappa shape index (κ3) is 4.95. The molecule has 1 aromatic rings. The van der Waals surface area contributed by atoms with Crippen molar-refractivity contribution in [3.05, 3.63) is 29.8 Å². The first kappa shape index (κ1) is 16.2. The number of methoxy groups -OCH3 is 1. The van der Waals surface area contributed by atoms with Crippen LogP contribution in [-0.4, -0.2) is 49.8 Å². The summed E-state index contributed by atoms with van der Waals surface area (Å²) in [5, 5.41) is 0. The van der Waals surface area contributed by atoms with Crippen molar-refractivity contribution < 1.29 is 9.47 Å². The molecule has 0 radical (unpaired) electrons. The van der Waals surface area contributed by atoms with Crippen molar-refractivity contribution in [2.24, 2.45) is 5.73 Å². The standard InChI is InChI=1S/C16H24N2O2S/c1-19-11-9-18(8-6-16(17)21)12-13-7-10-20-15-5-3-2-4-14(13)15/h2-5,13H,6-12H2,1H3,(H2,17,21). The molecule has 0 spiro atoms. The summed E-state index contributed by atoms with van der Waals surface area (Å²) in [7, 11) is 1.73. The fourth-order valence-electron chi connectivity index (χ4n) is 2.70. The van der Waals surface area contributed by atoms with Gasteiger partial charge in [-0.05, 0) is 18.1 Å². The van der Waals surface area contributed by atoms with Crippen molar-refractivity contribution in [2.75, 3.05) is 40.0 Å². The summed E-state index contributed by atoms with van der Waals surface area (Å²) in [4.78, 5) is 2.96. The summed E-state index contributed by atoms with van der Waals surface area (Å²) in [6, 6.07) is 8.32. The second-order valence-electron chi connectivity index (χ2n) is 5.38. The summed E-state index contributed by atoms with van der Waals surface area (Å²) >= 11 is 4.99. The lowest BCUT2D eigenvalue weighted by molar-refractivity contribution is 0.139. The van der Waals surface area contributed by atoms with Crippen LogP contribution in [0.4, 0.5) is 0 Å². The van der Waals surface area contributed by atoms with Crippen LogP contribution in [0.1, 0.15) is 24.3 Å². The molecule has 0 aromatic heterocycles. The van der Waals surface area contributed by atoms with Crippen LogP contribution >= 0.6 is 12.2 Å². The van der Waals surface area contributed by atoms with Gasteiger partial charge in [0, 0.05) is 39.1 Å². The van der Waals surface area contributed by atoms with E-state index in [2.05, 4.69) is 23.1 Å². The predicted molar refractivity (Wildman–Crippen MR) is 89.0 cm³/mol. The van der Waals surface area contributed by atoms with Crippen molar-refractivity contribution in [3.63, 3.8) is 0 Å². The lowest BCUT2D eigenvalue weighted by Gasteiger charge is -2.31. The summed E-state index contributed by atoms with van der Waals surface area (Å²) < 4.78 is 10.9. The molecule has 1 aliphatic rings. The van der Waals surface area contributed by atoms with Crippen molar-refractivity contribution in [3.8, 4) is 5.75 Å². The van der Waals surface area contributed by atoms with Crippen molar-refractivity contribution in [1.29, 1.82) is 0 Å². The van der Waals surface area contributed by atoms with Crippen LogP contribution in [0.25, 0.3) is 0 Å². The number of rotatable bonds is 8. The number of hydrogen-bond acceptors (Lipinski definition) is 4. The van der Waals surface area contributed by atoms with Gasteiger partial charge in [-0.25, -0.2) is 0 Å². The van der Waals surface area contributed by atoms with E-state index in [1.807, 2.05) is 6.07 Å². The lowest BCUT2D eigenvalue weighted by atomic mass is 9.92. The van der Waals surface area contributed by atoms with E-state index in [9.17, 15) is 0 Å². The molecule has 1 heterocycles. The quantitative estimate of drug-likeness (QED) is 0.746. The number of para-hydroxylation sites is 1. The monoisotopic (exact) mass is 308 g/mol. The van der Waals surface area contributed by atoms with Gasteiger partial charge in [-0.2, -0.15) is 0 Å². The third-order valence-corrected chi connectivity index (χ3v) is 4.05.